The third kappa shape index (κ3) is 2.99. The first-order valence-corrected chi connectivity index (χ1v) is 7.65. The minimum atomic E-state index is 0.138. The number of hydrogen-bond acceptors (Lipinski definition) is 1. The zero-order valence-corrected chi connectivity index (χ0v) is 12.4. The van der Waals surface area contributed by atoms with E-state index in [1.54, 1.807) is 0 Å². The summed E-state index contributed by atoms with van der Waals surface area (Å²) in [5.41, 5.74) is 2.47. The Hall–Kier alpha value is -2.09. The summed E-state index contributed by atoms with van der Waals surface area (Å²) in [6, 6.07) is 20.8. The van der Waals surface area contributed by atoms with Crippen LogP contribution in [0.5, 0.6) is 0 Å². The smallest absolute Gasteiger partial charge is 0.226 e. The molecule has 2 aromatic rings. The van der Waals surface area contributed by atoms with Crippen LogP contribution >= 0.6 is 0 Å². The van der Waals surface area contributed by atoms with Crippen molar-refractivity contribution in [3.63, 3.8) is 0 Å². The Kier molecular flexibility index (Phi) is 4.05. The molecule has 1 heterocycles. The summed E-state index contributed by atoms with van der Waals surface area (Å²) >= 11 is 0. The highest BCUT2D eigenvalue weighted by Crippen LogP contribution is 2.30. The average Bonchev–Trinajstić information content (AvgIpc) is 2.89. The minimum Gasteiger partial charge on any atom is -0.336 e. The molecule has 0 bridgehead atoms. The van der Waals surface area contributed by atoms with Crippen molar-refractivity contribution in [2.75, 3.05) is 6.54 Å². The van der Waals surface area contributed by atoms with Crippen LogP contribution in [-0.4, -0.2) is 17.4 Å². The second-order valence-corrected chi connectivity index (χ2v) is 5.79. The van der Waals surface area contributed by atoms with Crippen molar-refractivity contribution in [1.82, 2.24) is 4.90 Å². The van der Waals surface area contributed by atoms with E-state index in [0.29, 0.717) is 5.91 Å². The monoisotopic (exact) mass is 279 g/mol. The molecule has 0 unspecified atom stereocenters. The van der Waals surface area contributed by atoms with Crippen LogP contribution in [0.4, 0.5) is 0 Å². The Morgan fingerprint density at radius 3 is 2.33 bits per heavy atom. The first-order chi connectivity index (χ1) is 10.3. The van der Waals surface area contributed by atoms with Crippen LogP contribution in [0.2, 0.25) is 0 Å². The lowest BCUT2D eigenvalue weighted by atomic mass is 9.98. The van der Waals surface area contributed by atoms with Gasteiger partial charge in [0.15, 0.2) is 0 Å². The van der Waals surface area contributed by atoms with E-state index in [0.717, 1.165) is 19.4 Å². The van der Waals surface area contributed by atoms with E-state index in [2.05, 4.69) is 31.2 Å². The molecule has 1 aliphatic heterocycles. The molecule has 1 amide bonds. The second-order valence-electron chi connectivity index (χ2n) is 5.79. The highest BCUT2D eigenvalue weighted by molar-refractivity contribution is 5.81. The van der Waals surface area contributed by atoms with Crippen LogP contribution < -0.4 is 0 Å². The topological polar surface area (TPSA) is 20.3 Å². The number of carbonyl (C=O) groups excluding carboxylic acids is 1. The van der Waals surface area contributed by atoms with Gasteiger partial charge in [0, 0.05) is 12.5 Å². The molecule has 1 fully saturated rings. The van der Waals surface area contributed by atoms with Crippen molar-refractivity contribution in [1.29, 1.82) is 0 Å². The van der Waals surface area contributed by atoms with Crippen molar-refractivity contribution in [2.24, 2.45) is 5.92 Å². The molecule has 1 aliphatic rings. The van der Waals surface area contributed by atoms with E-state index >= 15 is 0 Å². The number of carbonyl (C=O) groups is 1. The standard InChI is InChI=1S/C19H21NO/c1-15(17-10-6-3-7-11-17)20-13-12-18(19(20)21)14-16-8-4-2-5-9-16/h2-11,15,18H,12-14H2,1H3/t15-,18+/m0/s1. The molecule has 2 atom stereocenters. The van der Waals surface area contributed by atoms with Gasteiger partial charge in [0.25, 0.3) is 0 Å². The lowest BCUT2D eigenvalue weighted by Gasteiger charge is -2.25. The van der Waals surface area contributed by atoms with Crippen molar-refractivity contribution < 1.29 is 4.79 Å². The van der Waals surface area contributed by atoms with Gasteiger partial charge < -0.3 is 4.90 Å². The normalized spacial score (nSPS) is 19.8. The highest BCUT2D eigenvalue weighted by atomic mass is 16.2. The fourth-order valence-corrected chi connectivity index (χ4v) is 3.15. The first-order valence-electron chi connectivity index (χ1n) is 7.65. The SMILES string of the molecule is C[C@@H](c1ccccc1)N1CC[C@H](Cc2ccccc2)C1=O. The van der Waals surface area contributed by atoms with Gasteiger partial charge in [0.2, 0.25) is 5.91 Å². The van der Waals surface area contributed by atoms with Crippen molar-refractivity contribution in [3.05, 3.63) is 71.8 Å². The van der Waals surface area contributed by atoms with Gasteiger partial charge in [-0.25, -0.2) is 0 Å². The molecular formula is C19H21NO. The van der Waals surface area contributed by atoms with Gasteiger partial charge >= 0.3 is 0 Å². The van der Waals surface area contributed by atoms with Crippen LogP contribution in [0.25, 0.3) is 0 Å². The van der Waals surface area contributed by atoms with Crippen LogP contribution in [0, 0.1) is 5.92 Å². The molecule has 2 aromatic carbocycles. The number of amides is 1. The molecule has 0 spiro atoms. The molecule has 0 aliphatic carbocycles. The Morgan fingerprint density at radius 1 is 1.05 bits per heavy atom. The summed E-state index contributed by atoms with van der Waals surface area (Å²) in [6.45, 7) is 2.99. The summed E-state index contributed by atoms with van der Waals surface area (Å²) in [7, 11) is 0. The van der Waals surface area contributed by atoms with Crippen LogP contribution in [-0.2, 0) is 11.2 Å². The average molecular weight is 279 g/mol. The van der Waals surface area contributed by atoms with Gasteiger partial charge in [-0.05, 0) is 30.9 Å². The van der Waals surface area contributed by atoms with Crippen molar-refractivity contribution >= 4 is 5.91 Å². The maximum atomic E-state index is 12.7. The third-order valence-corrected chi connectivity index (χ3v) is 4.43. The van der Waals surface area contributed by atoms with Gasteiger partial charge in [-0.3, -0.25) is 4.79 Å². The van der Waals surface area contributed by atoms with Crippen LogP contribution in [0.3, 0.4) is 0 Å². The molecule has 0 radical (unpaired) electrons. The zero-order valence-electron chi connectivity index (χ0n) is 12.4. The molecule has 2 heteroatoms. The fourth-order valence-electron chi connectivity index (χ4n) is 3.15. The molecular weight excluding hydrogens is 258 g/mol. The summed E-state index contributed by atoms with van der Waals surface area (Å²) in [4.78, 5) is 14.7. The van der Waals surface area contributed by atoms with Crippen LogP contribution in [0.15, 0.2) is 60.7 Å². The lowest BCUT2D eigenvalue weighted by molar-refractivity contribution is -0.132. The first kappa shape index (κ1) is 13.9. The molecule has 21 heavy (non-hydrogen) atoms. The van der Waals surface area contributed by atoms with Gasteiger partial charge in [-0.15, -0.1) is 0 Å². The van der Waals surface area contributed by atoms with Gasteiger partial charge in [0.1, 0.15) is 0 Å². The summed E-state index contributed by atoms with van der Waals surface area (Å²) in [6.07, 6.45) is 1.82. The third-order valence-electron chi connectivity index (χ3n) is 4.43. The van der Waals surface area contributed by atoms with Crippen LogP contribution in [0.1, 0.15) is 30.5 Å². The van der Waals surface area contributed by atoms with E-state index < -0.39 is 0 Å². The fraction of sp³-hybridized carbons (Fsp3) is 0.316. The van der Waals surface area contributed by atoms with E-state index in [1.807, 2.05) is 41.3 Å². The lowest BCUT2D eigenvalue weighted by Crippen LogP contribution is -2.30. The molecule has 0 saturated carbocycles. The predicted octanol–water partition coefficient (Wildman–Crippen LogP) is 3.84. The van der Waals surface area contributed by atoms with Gasteiger partial charge in [-0.2, -0.15) is 0 Å². The Morgan fingerprint density at radius 2 is 1.67 bits per heavy atom. The zero-order chi connectivity index (χ0) is 14.7. The number of likely N-dealkylation sites (tertiary alicyclic amines) is 1. The van der Waals surface area contributed by atoms with Crippen molar-refractivity contribution in [2.45, 2.75) is 25.8 Å². The second kappa shape index (κ2) is 6.13. The van der Waals surface area contributed by atoms with E-state index in [-0.39, 0.29) is 12.0 Å². The Balaban J connectivity index is 1.69. The number of benzene rings is 2. The molecule has 1 saturated heterocycles. The summed E-state index contributed by atoms with van der Waals surface area (Å²) in [5.74, 6) is 0.439. The molecule has 108 valence electrons. The quantitative estimate of drug-likeness (QED) is 0.832. The molecule has 3 rings (SSSR count). The summed E-state index contributed by atoms with van der Waals surface area (Å²) in [5, 5.41) is 0. The number of hydrogen-bond donors (Lipinski definition) is 0. The predicted molar refractivity (Wildman–Crippen MR) is 84.8 cm³/mol. The Bertz CT molecular complexity index is 593. The highest BCUT2D eigenvalue weighted by Gasteiger charge is 2.34. The van der Waals surface area contributed by atoms with Gasteiger partial charge in [-0.1, -0.05) is 60.7 Å². The summed E-state index contributed by atoms with van der Waals surface area (Å²) < 4.78 is 0. The molecule has 0 N–H and O–H groups in total. The number of nitrogens with zero attached hydrogens (tertiary/aromatic N) is 1. The van der Waals surface area contributed by atoms with E-state index in [9.17, 15) is 4.79 Å². The van der Waals surface area contributed by atoms with E-state index in [1.165, 1.54) is 11.1 Å². The maximum absolute atomic E-state index is 12.7. The minimum absolute atomic E-state index is 0.138. The van der Waals surface area contributed by atoms with Gasteiger partial charge in [0.05, 0.1) is 6.04 Å². The van der Waals surface area contributed by atoms with Crippen molar-refractivity contribution in [3.8, 4) is 0 Å². The molecule has 2 nitrogen and oxygen atoms in total. The Labute approximate surface area is 126 Å². The number of rotatable bonds is 4. The maximum Gasteiger partial charge on any atom is 0.226 e. The van der Waals surface area contributed by atoms with E-state index in [4.69, 9.17) is 0 Å². The molecule has 0 aromatic heterocycles. The largest absolute Gasteiger partial charge is 0.336 e.